The average molecular weight is 409 g/mol. The summed E-state index contributed by atoms with van der Waals surface area (Å²) >= 11 is 6.03. The Morgan fingerprint density at radius 3 is 2.64 bits per heavy atom. The zero-order chi connectivity index (χ0) is 20.5. The number of nitrogens with two attached hydrogens (primary N) is 1. The van der Waals surface area contributed by atoms with Crippen molar-refractivity contribution in [1.82, 2.24) is 5.32 Å². The maximum atomic E-state index is 10.8. The van der Waals surface area contributed by atoms with Gasteiger partial charge in [-0.2, -0.15) is 0 Å². The van der Waals surface area contributed by atoms with Crippen LogP contribution in [0.4, 0.5) is 11.4 Å². The van der Waals surface area contributed by atoms with Gasteiger partial charge in [-0.3, -0.25) is 14.9 Å². The zero-order valence-corrected chi connectivity index (χ0v) is 16.0. The first-order chi connectivity index (χ1) is 13.4. The summed E-state index contributed by atoms with van der Waals surface area (Å²) in [6.45, 7) is 1.58. The number of benzene rings is 2. The highest BCUT2D eigenvalue weighted by atomic mass is 35.5. The van der Waals surface area contributed by atoms with E-state index in [1.807, 2.05) is 12.1 Å². The summed E-state index contributed by atoms with van der Waals surface area (Å²) in [5.74, 6) is 0.393. The molecule has 2 aromatic carbocycles. The molecule has 0 radical (unpaired) electrons. The van der Waals surface area contributed by atoms with Crippen molar-refractivity contribution in [3.63, 3.8) is 0 Å². The molecule has 0 spiro atoms. The van der Waals surface area contributed by atoms with Gasteiger partial charge in [-0.15, -0.1) is 0 Å². The number of nitro benzene ring substituents is 1. The Hall–Kier alpha value is -3.04. The lowest BCUT2D eigenvalue weighted by Gasteiger charge is -2.12. The third-order valence-corrected chi connectivity index (χ3v) is 4.02. The standard InChI is InChI=1S/C18H21ClN4O5/c1-27-17-8-12(2-5-16(17)28-11-18(20)24)10-21-6-7-22-15-4-3-13(23(25)26)9-14(15)19/h2-5,8-9,21-22H,6-7,10-11H2,1H3,(H2,20,24). The number of carbonyl (C=O) groups is 1. The quantitative estimate of drug-likeness (QED) is 0.295. The smallest absolute Gasteiger partial charge is 0.271 e. The Kier molecular flexibility index (Phi) is 7.85. The van der Waals surface area contributed by atoms with E-state index in [-0.39, 0.29) is 12.3 Å². The van der Waals surface area contributed by atoms with Crippen LogP contribution in [0, 0.1) is 10.1 Å². The summed E-state index contributed by atoms with van der Waals surface area (Å²) < 4.78 is 10.5. The molecule has 0 saturated heterocycles. The van der Waals surface area contributed by atoms with Gasteiger partial charge in [-0.1, -0.05) is 17.7 Å². The fraction of sp³-hybridized carbons (Fsp3) is 0.278. The number of halogens is 1. The fourth-order valence-electron chi connectivity index (χ4n) is 2.37. The SMILES string of the molecule is COc1cc(CNCCNc2ccc([N+](=O)[O-])cc2Cl)ccc1OCC(N)=O. The number of hydrogen-bond donors (Lipinski definition) is 3. The molecule has 150 valence electrons. The lowest BCUT2D eigenvalue weighted by atomic mass is 10.2. The summed E-state index contributed by atoms with van der Waals surface area (Å²) in [7, 11) is 1.52. The Labute approximate surface area is 166 Å². The minimum atomic E-state index is -0.562. The average Bonchev–Trinajstić information content (AvgIpc) is 2.67. The van der Waals surface area contributed by atoms with Crippen molar-refractivity contribution in [2.45, 2.75) is 6.54 Å². The molecule has 0 fully saturated rings. The van der Waals surface area contributed by atoms with Crippen molar-refractivity contribution < 1.29 is 19.2 Å². The Balaban J connectivity index is 1.80. The number of carbonyl (C=O) groups excluding carboxylic acids is 1. The molecule has 0 saturated carbocycles. The fourth-order valence-corrected chi connectivity index (χ4v) is 2.61. The number of nitro groups is 1. The topological polar surface area (TPSA) is 129 Å². The lowest BCUT2D eigenvalue weighted by molar-refractivity contribution is -0.384. The number of rotatable bonds is 11. The van der Waals surface area contributed by atoms with E-state index in [4.69, 9.17) is 26.8 Å². The van der Waals surface area contributed by atoms with Gasteiger partial charge in [0.25, 0.3) is 11.6 Å². The number of methoxy groups -OCH3 is 1. The monoisotopic (exact) mass is 408 g/mol. The summed E-state index contributed by atoms with van der Waals surface area (Å²) in [5, 5.41) is 17.4. The van der Waals surface area contributed by atoms with Crippen LogP contribution in [0.5, 0.6) is 11.5 Å². The van der Waals surface area contributed by atoms with Gasteiger partial charge < -0.3 is 25.8 Å². The Morgan fingerprint density at radius 1 is 1.21 bits per heavy atom. The van der Waals surface area contributed by atoms with E-state index in [1.165, 1.54) is 19.2 Å². The van der Waals surface area contributed by atoms with E-state index >= 15 is 0 Å². The van der Waals surface area contributed by atoms with Crippen LogP contribution >= 0.6 is 11.6 Å². The maximum Gasteiger partial charge on any atom is 0.271 e. The summed E-state index contributed by atoms with van der Waals surface area (Å²) in [5.41, 5.74) is 6.62. The minimum absolute atomic E-state index is 0.0501. The summed E-state index contributed by atoms with van der Waals surface area (Å²) in [4.78, 5) is 21.0. The first kappa shape index (κ1) is 21.3. The number of non-ortho nitro benzene ring substituents is 1. The third-order valence-electron chi connectivity index (χ3n) is 3.71. The molecule has 0 aliphatic rings. The molecule has 0 aromatic heterocycles. The molecule has 28 heavy (non-hydrogen) atoms. The minimum Gasteiger partial charge on any atom is -0.493 e. The van der Waals surface area contributed by atoms with Gasteiger partial charge in [-0.25, -0.2) is 0 Å². The van der Waals surface area contributed by atoms with Gasteiger partial charge >= 0.3 is 0 Å². The van der Waals surface area contributed by atoms with Crippen LogP contribution in [-0.2, 0) is 11.3 Å². The van der Waals surface area contributed by atoms with Gasteiger partial charge in [0.1, 0.15) is 0 Å². The normalized spacial score (nSPS) is 10.4. The molecule has 0 aliphatic carbocycles. The molecular formula is C18H21ClN4O5. The van der Waals surface area contributed by atoms with Crippen molar-refractivity contribution in [3.8, 4) is 11.5 Å². The first-order valence-electron chi connectivity index (χ1n) is 8.37. The molecule has 2 rings (SSSR count). The van der Waals surface area contributed by atoms with Crippen LogP contribution < -0.4 is 25.8 Å². The molecule has 4 N–H and O–H groups in total. The van der Waals surface area contributed by atoms with Crippen LogP contribution in [0.2, 0.25) is 5.02 Å². The molecule has 10 heteroatoms. The number of amides is 1. The molecular weight excluding hydrogens is 388 g/mol. The number of ether oxygens (including phenoxy) is 2. The van der Waals surface area contributed by atoms with E-state index in [9.17, 15) is 14.9 Å². The molecule has 0 bridgehead atoms. The van der Waals surface area contributed by atoms with Gasteiger partial charge in [0, 0.05) is 31.8 Å². The van der Waals surface area contributed by atoms with Crippen LogP contribution in [0.3, 0.4) is 0 Å². The second-order valence-corrected chi connectivity index (χ2v) is 6.17. The number of anilines is 1. The van der Waals surface area contributed by atoms with E-state index in [1.54, 1.807) is 12.1 Å². The second-order valence-electron chi connectivity index (χ2n) is 5.77. The summed E-state index contributed by atoms with van der Waals surface area (Å²) in [6, 6.07) is 9.67. The highest BCUT2D eigenvalue weighted by Crippen LogP contribution is 2.28. The van der Waals surface area contributed by atoms with E-state index in [2.05, 4.69) is 10.6 Å². The maximum absolute atomic E-state index is 10.8. The van der Waals surface area contributed by atoms with Gasteiger partial charge in [0.05, 0.1) is 22.7 Å². The predicted molar refractivity (Wildman–Crippen MR) is 106 cm³/mol. The number of nitrogens with zero attached hydrogens (tertiary/aromatic N) is 1. The highest BCUT2D eigenvalue weighted by molar-refractivity contribution is 6.33. The van der Waals surface area contributed by atoms with Gasteiger partial charge in [0.15, 0.2) is 18.1 Å². The first-order valence-corrected chi connectivity index (χ1v) is 8.75. The van der Waals surface area contributed by atoms with Crippen LogP contribution in [0.15, 0.2) is 36.4 Å². The Bertz CT molecular complexity index is 847. The molecule has 0 unspecified atom stereocenters. The van der Waals surface area contributed by atoms with Crippen molar-refractivity contribution in [2.75, 3.05) is 32.1 Å². The highest BCUT2D eigenvalue weighted by Gasteiger charge is 2.09. The molecule has 2 aromatic rings. The number of nitrogens with one attached hydrogen (secondary N) is 2. The Morgan fingerprint density at radius 2 is 2.00 bits per heavy atom. The second kappa shape index (κ2) is 10.3. The van der Waals surface area contributed by atoms with Crippen molar-refractivity contribution >= 4 is 28.9 Å². The van der Waals surface area contributed by atoms with Crippen LogP contribution in [0.25, 0.3) is 0 Å². The van der Waals surface area contributed by atoms with Crippen LogP contribution in [-0.4, -0.2) is 37.6 Å². The molecule has 0 heterocycles. The predicted octanol–water partition coefficient (Wildman–Crippen LogP) is 2.32. The van der Waals surface area contributed by atoms with Gasteiger partial charge in [0.2, 0.25) is 0 Å². The zero-order valence-electron chi connectivity index (χ0n) is 15.2. The molecule has 0 aliphatic heterocycles. The van der Waals surface area contributed by atoms with Crippen molar-refractivity contribution in [2.24, 2.45) is 5.73 Å². The molecule has 0 atom stereocenters. The number of primary amides is 1. The van der Waals surface area contributed by atoms with Crippen molar-refractivity contribution in [3.05, 3.63) is 57.1 Å². The van der Waals surface area contributed by atoms with Crippen LogP contribution in [0.1, 0.15) is 5.56 Å². The van der Waals surface area contributed by atoms with E-state index < -0.39 is 10.8 Å². The van der Waals surface area contributed by atoms with E-state index in [0.29, 0.717) is 41.8 Å². The number of hydrogen-bond acceptors (Lipinski definition) is 7. The van der Waals surface area contributed by atoms with Crippen molar-refractivity contribution in [1.29, 1.82) is 0 Å². The third kappa shape index (κ3) is 6.29. The van der Waals surface area contributed by atoms with Gasteiger partial charge in [-0.05, 0) is 23.8 Å². The van der Waals surface area contributed by atoms with E-state index in [0.717, 1.165) is 5.56 Å². The molecule has 9 nitrogen and oxygen atoms in total. The lowest BCUT2D eigenvalue weighted by Crippen LogP contribution is -2.22. The molecule has 1 amide bonds. The largest absolute Gasteiger partial charge is 0.493 e. The summed E-state index contributed by atoms with van der Waals surface area (Å²) in [6.07, 6.45) is 0.